The van der Waals surface area contributed by atoms with Gasteiger partial charge >= 0.3 is 11.9 Å². The van der Waals surface area contributed by atoms with Crippen LogP contribution in [-0.4, -0.2) is 28.9 Å². The Morgan fingerprint density at radius 3 is 2.59 bits per heavy atom. The Bertz CT molecular complexity index is 547. The third-order valence-electron chi connectivity index (χ3n) is 5.42. The molecular formula is C17H24O5. The van der Waals surface area contributed by atoms with E-state index in [2.05, 4.69) is 6.92 Å². The predicted octanol–water partition coefficient (Wildman–Crippen LogP) is 2.73. The lowest BCUT2D eigenvalue weighted by Gasteiger charge is -2.47. The molecule has 5 heteroatoms. The molecule has 0 aromatic rings. The number of fused-ring (bicyclic) bond motifs is 1. The zero-order valence-corrected chi connectivity index (χ0v) is 13.6. The fourth-order valence-corrected chi connectivity index (χ4v) is 3.96. The normalized spacial score (nSPS) is 33.2. The topological polar surface area (TPSA) is 80.7 Å². The van der Waals surface area contributed by atoms with Crippen LogP contribution in [0.3, 0.4) is 0 Å². The van der Waals surface area contributed by atoms with Crippen molar-refractivity contribution < 1.29 is 24.2 Å². The number of esters is 1. The minimum absolute atomic E-state index is 0.153. The number of rotatable bonds is 3. The lowest BCUT2D eigenvalue weighted by atomic mass is 9.59. The van der Waals surface area contributed by atoms with Crippen molar-refractivity contribution in [3.8, 4) is 0 Å². The lowest BCUT2D eigenvalue weighted by molar-refractivity contribution is -0.159. The van der Waals surface area contributed by atoms with E-state index in [9.17, 15) is 19.5 Å². The summed E-state index contributed by atoms with van der Waals surface area (Å²) in [5.74, 6) is -2.03. The molecule has 0 aromatic carbocycles. The van der Waals surface area contributed by atoms with Crippen molar-refractivity contribution >= 4 is 17.7 Å². The number of carbonyl (C=O) groups is 3. The summed E-state index contributed by atoms with van der Waals surface area (Å²) >= 11 is 0. The van der Waals surface area contributed by atoms with Crippen LogP contribution in [0.25, 0.3) is 0 Å². The standard InChI is InChI=1S/C17H24O5/c1-9(16(20)21)12-7-13-10(2)14(19)5-6-17(13,4)8-15(12)22-11(3)18/h9,12,15H,5-8H2,1-4H3,(H,20,21)/t9-,12+,15+,17+/m0/s1. The van der Waals surface area contributed by atoms with Crippen molar-refractivity contribution in [2.45, 2.75) is 59.5 Å². The molecule has 0 saturated heterocycles. The number of ketones is 1. The second-order valence-corrected chi connectivity index (χ2v) is 6.93. The van der Waals surface area contributed by atoms with Gasteiger partial charge in [-0.25, -0.2) is 0 Å². The number of carboxylic acid groups (broad SMARTS) is 1. The van der Waals surface area contributed by atoms with Gasteiger partial charge in [0.25, 0.3) is 0 Å². The van der Waals surface area contributed by atoms with Gasteiger partial charge in [-0.1, -0.05) is 19.4 Å². The molecule has 0 spiro atoms. The molecular weight excluding hydrogens is 284 g/mol. The summed E-state index contributed by atoms with van der Waals surface area (Å²) in [7, 11) is 0. The van der Waals surface area contributed by atoms with Gasteiger partial charge in [0.05, 0.1) is 5.92 Å². The molecule has 0 aromatic heterocycles. The summed E-state index contributed by atoms with van der Waals surface area (Å²) in [6, 6.07) is 0. The molecule has 1 N–H and O–H groups in total. The molecule has 2 aliphatic carbocycles. The molecule has 0 radical (unpaired) electrons. The number of allylic oxidation sites excluding steroid dienone is 2. The van der Waals surface area contributed by atoms with Crippen LogP contribution in [0.5, 0.6) is 0 Å². The average molecular weight is 308 g/mol. The predicted molar refractivity (Wildman–Crippen MR) is 80.1 cm³/mol. The van der Waals surface area contributed by atoms with E-state index in [0.717, 1.165) is 17.6 Å². The maximum atomic E-state index is 12.0. The van der Waals surface area contributed by atoms with E-state index in [1.165, 1.54) is 6.92 Å². The molecule has 0 bridgehead atoms. The molecule has 5 nitrogen and oxygen atoms in total. The first kappa shape index (κ1) is 16.7. The van der Waals surface area contributed by atoms with Crippen molar-refractivity contribution in [3.63, 3.8) is 0 Å². The first-order valence-corrected chi connectivity index (χ1v) is 7.79. The third-order valence-corrected chi connectivity index (χ3v) is 5.42. The highest BCUT2D eigenvalue weighted by Gasteiger charge is 2.48. The fourth-order valence-electron chi connectivity index (χ4n) is 3.96. The molecule has 0 amide bonds. The Morgan fingerprint density at radius 2 is 2.05 bits per heavy atom. The van der Waals surface area contributed by atoms with Gasteiger partial charge in [0.2, 0.25) is 0 Å². The monoisotopic (exact) mass is 308 g/mol. The Labute approximate surface area is 130 Å². The molecule has 0 unspecified atom stereocenters. The largest absolute Gasteiger partial charge is 0.481 e. The molecule has 4 atom stereocenters. The lowest BCUT2D eigenvalue weighted by Crippen LogP contribution is -2.45. The van der Waals surface area contributed by atoms with E-state index in [-0.39, 0.29) is 23.1 Å². The summed E-state index contributed by atoms with van der Waals surface area (Å²) in [5, 5.41) is 9.34. The van der Waals surface area contributed by atoms with Crippen LogP contribution in [-0.2, 0) is 19.1 Å². The summed E-state index contributed by atoms with van der Waals surface area (Å²) in [4.78, 5) is 34.8. The van der Waals surface area contributed by atoms with E-state index < -0.39 is 18.0 Å². The molecule has 1 fully saturated rings. The summed E-state index contributed by atoms with van der Waals surface area (Å²) in [6.45, 7) is 6.93. The van der Waals surface area contributed by atoms with E-state index in [1.54, 1.807) is 6.92 Å². The van der Waals surface area contributed by atoms with Crippen LogP contribution < -0.4 is 0 Å². The SMILES string of the molecule is CC(=O)O[C@@H]1C[C@@]2(C)CCC(=O)C(C)=C2C[C@@H]1[C@H](C)C(=O)O. The molecule has 22 heavy (non-hydrogen) atoms. The molecule has 122 valence electrons. The van der Waals surface area contributed by atoms with Crippen LogP contribution in [0, 0.1) is 17.3 Å². The number of hydrogen-bond acceptors (Lipinski definition) is 4. The van der Waals surface area contributed by atoms with Crippen LogP contribution in [0.1, 0.15) is 53.4 Å². The van der Waals surface area contributed by atoms with Crippen molar-refractivity contribution in [2.24, 2.45) is 17.3 Å². The van der Waals surface area contributed by atoms with E-state index in [0.29, 0.717) is 19.3 Å². The van der Waals surface area contributed by atoms with Crippen molar-refractivity contribution in [1.82, 2.24) is 0 Å². The highest BCUT2D eigenvalue weighted by molar-refractivity contribution is 5.96. The molecule has 1 saturated carbocycles. The zero-order chi connectivity index (χ0) is 16.7. The second kappa shape index (κ2) is 5.86. The second-order valence-electron chi connectivity index (χ2n) is 6.93. The number of ether oxygens (including phenoxy) is 1. The van der Waals surface area contributed by atoms with Gasteiger partial charge in [0, 0.05) is 19.3 Å². The van der Waals surface area contributed by atoms with Crippen LogP contribution >= 0.6 is 0 Å². The summed E-state index contributed by atoms with van der Waals surface area (Å²) < 4.78 is 5.44. The van der Waals surface area contributed by atoms with Crippen LogP contribution in [0.4, 0.5) is 0 Å². The Balaban J connectivity index is 2.40. The first-order valence-electron chi connectivity index (χ1n) is 7.79. The summed E-state index contributed by atoms with van der Waals surface area (Å²) in [5.41, 5.74) is 1.66. The Hall–Kier alpha value is -1.65. The van der Waals surface area contributed by atoms with Crippen molar-refractivity contribution in [1.29, 1.82) is 0 Å². The van der Waals surface area contributed by atoms with Gasteiger partial charge in [0.15, 0.2) is 5.78 Å². The van der Waals surface area contributed by atoms with E-state index in [1.807, 2.05) is 6.92 Å². The highest BCUT2D eigenvalue weighted by atomic mass is 16.5. The number of Topliss-reactive ketones (excluding diaryl/α,β-unsaturated/α-hetero) is 1. The minimum atomic E-state index is -0.897. The molecule has 2 rings (SSSR count). The van der Waals surface area contributed by atoms with Gasteiger partial charge in [-0.05, 0) is 37.2 Å². The van der Waals surface area contributed by atoms with Gasteiger partial charge in [-0.2, -0.15) is 0 Å². The fraction of sp³-hybridized carbons (Fsp3) is 0.706. The highest BCUT2D eigenvalue weighted by Crippen LogP contribution is 2.52. The van der Waals surface area contributed by atoms with Gasteiger partial charge in [-0.3, -0.25) is 14.4 Å². The van der Waals surface area contributed by atoms with E-state index >= 15 is 0 Å². The smallest absolute Gasteiger partial charge is 0.306 e. The number of carboxylic acids is 1. The maximum absolute atomic E-state index is 12.0. The molecule has 0 heterocycles. The Morgan fingerprint density at radius 1 is 1.41 bits per heavy atom. The van der Waals surface area contributed by atoms with Crippen molar-refractivity contribution in [3.05, 3.63) is 11.1 Å². The minimum Gasteiger partial charge on any atom is -0.481 e. The summed E-state index contributed by atoms with van der Waals surface area (Å²) in [6.07, 6.45) is 1.95. The molecule has 2 aliphatic rings. The maximum Gasteiger partial charge on any atom is 0.306 e. The number of aliphatic carboxylic acids is 1. The molecule has 0 aliphatic heterocycles. The average Bonchev–Trinajstić information content (AvgIpc) is 2.41. The van der Waals surface area contributed by atoms with Gasteiger partial charge in [-0.15, -0.1) is 0 Å². The van der Waals surface area contributed by atoms with Crippen LogP contribution in [0.2, 0.25) is 0 Å². The number of hydrogen-bond donors (Lipinski definition) is 1. The quantitative estimate of drug-likeness (QED) is 0.811. The third kappa shape index (κ3) is 2.94. The van der Waals surface area contributed by atoms with Gasteiger partial charge < -0.3 is 9.84 Å². The zero-order valence-electron chi connectivity index (χ0n) is 13.6. The van der Waals surface area contributed by atoms with Crippen molar-refractivity contribution in [2.75, 3.05) is 0 Å². The number of carbonyl (C=O) groups excluding carboxylic acids is 2. The Kier molecular flexibility index (Phi) is 4.45. The first-order chi connectivity index (χ1) is 10.2. The van der Waals surface area contributed by atoms with Crippen LogP contribution in [0.15, 0.2) is 11.1 Å². The van der Waals surface area contributed by atoms with Gasteiger partial charge in [0.1, 0.15) is 6.10 Å². The van der Waals surface area contributed by atoms with E-state index in [4.69, 9.17) is 4.74 Å².